The highest BCUT2D eigenvalue weighted by molar-refractivity contribution is 7.07. The SMILES string of the molecule is CC(C)c1nsc(Oc2cc(F)c(N)cc2F)n1. The summed E-state index contributed by atoms with van der Waals surface area (Å²) in [6.07, 6.45) is 0. The minimum Gasteiger partial charge on any atom is -0.427 e. The molecule has 1 aromatic heterocycles. The molecule has 0 saturated heterocycles. The average molecular weight is 271 g/mol. The molecule has 0 fully saturated rings. The molecule has 1 aromatic carbocycles. The highest BCUT2D eigenvalue weighted by Crippen LogP contribution is 2.29. The molecule has 96 valence electrons. The van der Waals surface area contributed by atoms with E-state index < -0.39 is 11.6 Å². The van der Waals surface area contributed by atoms with Gasteiger partial charge in [-0.25, -0.2) is 8.78 Å². The number of anilines is 1. The predicted molar refractivity (Wildman–Crippen MR) is 64.8 cm³/mol. The van der Waals surface area contributed by atoms with Gasteiger partial charge >= 0.3 is 0 Å². The van der Waals surface area contributed by atoms with Crippen molar-refractivity contribution < 1.29 is 13.5 Å². The molecule has 0 aliphatic carbocycles. The molecule has 2 aromatic rings. The van der Waals surface area contributed by atoms with E-state index in [4.69, 9.17) is 10.5 Å². The fraction of sp³-hybridized carbons (Fsp3) is 0.273. The summed E-state index contributed by atoms with van der Waals surface area (Å²) in [5, 5.41) is 0.168. The minimum atomic E-state index is -0.741. The second-order valence-electron chi connectivity index (χ2n) is 3.98. The second-order valence-corrected chi connectivity index (χ2v) is 4.69. The number of hydrogen-bond donors (Lipinski definition) is 1. The first-order chi connectivity index (χ1) is 8.47. The molecule has 0 aliphatic rings. The monoisotopic (exact) mass is 271 g/mol. The predicted octanol–water partition coefficient (Wildman–Crippen LogP) is 3.31. The van der Waals surface area contributed by atoms with E-state index in [-0.39, 0.29) is 22.5 Å². The lowest BCUT2D eigenvalue weighted by Gasteiger charge is -2.04. The van der Waals surface area contributed by atoms with Gasteiger partial charge in [0.15, 0.2) is 11.6 Å². The van der Waals surface area contributed by atoms with E-state index in [0.717, 1.165) is 23.7 Å². The number of nitrogens with zero attached hydrogens (tertiary/aromatic N) is 2. The van der Waals surface area contributed by atoms with Crippen LogP contribution in [0.3, 0.4) is 0 Å². The summed E-state index contributed by atoms with van der Waals surface area (Å²) in [5.74, 6) is -0.985. The standard InChI is InChI=1S/C11H11F2N3OS/c1-5(2)10-15-11(18-16-10)17-9-4-6(12)8(14)3-7(9)13/h3-5H,14H2,1-2H3. The maximum atomic E-state index is 13.5. The maximum Gasteiger partial charge on any atom is 0.298 e. The van der Waals surface area contributed by atoms with Crippen molar-refractivity contribution in [1.82, 2.24) is 9.36 Å². The highest BCUT2D eigenvalue weighted by atomic mass is 32.1. The Bertz CT molecular complexity index is 571. The van der Waals surface area contributed by atoms with Crippen LogP contribution in [0.25, 0.3) is 0 Å². The fourth-order valence-corrected chi connectivity index (χ4v) is 1.90. The zero-order chi connectivity index (χ0) is 13.3. The molecule has 0 bridgehead atoms. The van der Waals surface area contributed by atoms with Crippen molar-refractivity contribution in [2.24, 2.45) is 0 Å². The van der Waals surface area contributed by atoms with Crippen LogP contribution in [0.1, 0.15) is 25.6 Å². The van der Waals surface area contributed by atoms with Gasteiger partial charge in [-0.2, -0.15) is 9.36 Å². The van der Waals surface area contributed by atoms with Crippen molar-refractivity contribution in [2.75, 3.05) is 5.73 Å². The first-order valence-electron chi connectivity index (χ1n) is 5.23. The lowest BCUT2D eigenvalue weighted by atomic mass is 10.2. The van der Waals surface area contributed by atoms with Crippen LogP contribution in [0, 0.1) is 11.6 Å². The molecule has 0 unspecified atom stereocenters. The van der Waals surface area contributed by atoms with Crippen molar-refractivity contribution in [3.8, 4) is 10.9 Å². The lowest BCUT2D eigenvalue weighted by molar-refractivity contribution is 0.433. The van der Waals surface area contributed by atoms with Crippen LogP contribution in [0.15, 0.2) is 12.1 Å². The Morgan fingerprint density at radius 1 is 1.28 bits per heavy atom. The van der Waals surface area contributed by atoms with Gasteiger partial charge in [0.05, 0.1) is 5.69 Å². The number of benzene rings is 1. The van der Waals surface area contributed by atoms with Crippen LogP contribution in [-0.2, 0) is 0 Å². The fourth-order valence-electron chi connectivity index (χ4n) is 1.21. The van der Waals surface area contributed by atoms with Crippen LogP contribution in [-0.4, -0.2) is 9.36 Å². The summed E-state index contributed by atoms with van der Waals surface area (Å²) in [4.78, 5) is 4.06. The molecule has 2 rings (SSSR count). The van der Waals surface area contributed by atoms with E-state index in [9.17, 15) is 8.78 Å². The normalized spacial score (nSPS) is 10.9. The van der Waals surface area contributed by atoms with Gasteiger partial charge in [0.25, 0.3) is 5.19 Å². The van der Waals surface area contributed by atoms with E-state index >= 15 is 0 Å². The summed E-state index contributed by atoms with van der Waals surface area (Å²) in [5.41, 5.74) is 4.97. The summed E-state index contributed by atoms with van der Waals surface area (Å²) < 4.78 is 35.9. The van der Waals surface area contributed by atoms with Crippen molar-refractivity contribution in [3.63, 3.8) is 0 Å². The topological polar surface area (TPSA) is 61.0 Å². The molecule has 0 radical (unpaired) electrons. The Kier molecular flexibility index (Phi) is 3.42. The molecule has 7 heteroatoms. The van der Waals surface area contributed by atoms with Gasteiger partial charge in [-0.1, -0.05) is 13.8 Å². The van der Waals surface area contributed by atoms with E-state index in [2.05, 4.69) is 9.36 Å². The van der Waals surface area contributed by atoms with Gasteiger partial charge in [-0.3, -0.25) is 0 Å². The van der Waals surface area contributed by atoms with Gasteiger partial charge in [0, 0.05) is 29.6 Å². The van der Waals surface area contributed by atoms with Crippen molar-refractivity contribution in [2.45, 2.75) is 19.8 Å². The van der Waals surface area contributed by atoms with Crippen LogP contribution in [0.5, 0.6) is 10.9 Å². The first kappa shape index (κ1) is 12.7. The van der Waals surface area contributed by atoms with Crippen LogP contribution >= 0.6 is 11.5 Å². The smallest absolute Gasteiger partial charge is 0.298 e. The van der Waals surface area contributed by atoms with Gasteiger partial charge in [0.2, 0.25) is 0 Å². The zero-order valence-electron chi connectivity index (χ0n) is 9.78. The van der Waals surface area contributed by atoms with E-state index in [1.807, 2.05) is 13.8 Å². The molecule has 1 heterocycles. The van der Waals surface area contributed by atoms with E-state index in [0.29, 0.717) is 5.82 Å². The first-order valence-corrected chi connectivity index (χ1v) is 6.00. The van der Waals surface area contributed by atoms with Crippen LogP contribution < -0.4 is 10.5 Å². The Morgan fingerprint density at radius 3 is 2.61 bits per heavy atom. The number of aromatic nitrogens is 2. The molecular formula is C11H11F2N3OS. The number of hydrogen-bond acceptors (Lipinski definition) is 5. The number of nitrogen functional groups attached to an aromatic ring is 1. The molecule has 2 N–H and O–H groups in total. The minimum absolute atomic E-state index is 0.145. The quantitative estimate of drug-likeness (QED) is 0.870. The lowest BCUT2D eigenvalue weighted by Crippen LogP contribution is -1.95. The van der Waals surface area contributed by atoms with Gasteiger partial charge < -0.3 is 10.5 Å². The molecule has 0 aliphatic heterocycles. The van der Waals surface area contributed by atoms with Crippen LogP contribution in [0.2, 0.25) is 0 Å². The molecule has 4 nitrogen and oxygen atoms in total. The van der Waals surface area contributed by atoms with Crippen LogP contribution in [0.4, 0.5) is 14.5 Å². The maximum absolute atomic E-state index is 13.5. The number of nitrogens with two attached hydrogens (primary N) is 1. The van der Waals surface area contributed by atoms with E-state index in [1.165, 1.54) is 0 Å². The van der Waals surface area contributed by atoms with Gasteiger partial charge in [-0.05, 0) is 0 Å². The highest BCUT2D eigenvalue weighted by Gasteiger charge is 2.14. The van der Waals surface area contributed by atoms with Crippen molar-refractivity contribution in [3.05, 3.63) is 29.6 Å². The molecular weight excluding hydrogens is 260 g/mol. The number of rotatable bonds is 3. The third-order valence-corrected chi connectivity index (χ3v) is 2.80. The van der Waals surface area contributed by atoms with Crippen molar-refractivity contribution >= 4 is 17.2 Å². The Hall–Kier alpha value is -1.76. The van der Waals surface area contributed by atoms with Gasteiger partial charge in [0.1, 0.15) is 11.6 Å². The average Bonchev–Trinajstić information content (AvgIpc) is 2.74. The third-order valence-electron chi connectivity index (χ3n) is 2.19. The summed E-state index contributed by atoms with van der Waals surface area (Å²) >= 11 is 0.988. The summed E-state index contributed by atoms with van der Waals surface area (Å²) in [7, 11) is 0. The molecule has 0 spiro atoms. The van der Waals surface area contributed by atoms with Crippen molar-refractivity contribution in [1.29, 1.82) is 0 Å². The zero-order valence-corrected chi connectivity index (χ0v) is 10.6. The van der Waals surface area contributed by atoms with E-state index in [1.54, 1.807) is 0 Å². The number of ether oxygens (including phenoxy) is 1. The van der Waals surface area contributed by atoms with Gasteiger partial charge in [-0.15, -0.1) is 0 Å². The Balaban J connectivity index is 2.25. The second kappa shape index (κ2) is 4.85. The largest absolute Gasteiger partial charge is 0.427 e. The molecule has 18 heavy (non-hydrogen) atoms. The molecule has 0 atom stereocenters. The molecule has 0 saturated carbocycles. The third kappa shape index (κ3) is 2.56. The number of halogens is 2. The molecule has 0 amide bonds. The summed E-state index contributed by atoms with van der Waals surface area (Å²) in [6.45, 7) is 3.85. The summed E-state index contributed by atoms with van der Waals surface area (Å²) in [6, 6.07) is 1.76. The Morgan fingerprint density at radius 2 is 2.00 bits per heavy atom. The Labute approximate surface area is 107 Å².